The van der Waals surface area contributed by atoms with Gasteiger partial charge in [0.15, 0.2) is 0 Å². The van der Waals surface area contributed by atoms with Crippen LogP contribution in [0.2, 0.25) is 0 Å². The molecule has 0 amide bonds. The fourth-order valence-corrected chi connectivity index (χ4v) is 2.57. The Labute approximate surface area is 159 Å². The van der Waals surface area contributed by atoms with Gasteiger partial charge in [-0.3, -0.25) is 0 Å². The lowest BCUT2D eigenvalue weighted by molar-refractivity contribution is 0.0520. The van der Waals surface area contributed by atoms with Crippen LogP contribution in [0.5, 0.6) is 11.5 Å². The average Bonchev–Trinajstić information content (AvgIpc) is 2.72. The third-order valence-electron chi connectivity index (χ3n) is 3.93. The first-order valence-electron chi connectivity index (χ1n) is 8.91. The Kier molecular flexibility index (Phi) is 6.47. The second-order valence-corrected chi connectivity index (χ2v) is 5.93. The lowest BCUT2D eigenvalue weighted by atomic mass is 10.2. The normalized spacial score (nSPS) is 10.3. The standard InChI is InChI=1S/C23H22O4/c1-2-25-23(24)21-15-20(26-16-18-9-5-3-6-10-18)13-14-22(21)27-17-19-11-7-4-8-12-19/h3-15H,2,16-17H2,1H3. The first-order valence-corrected chi connectivity index (χ1v) is 8.91. The number of benzene rings is 3. The molecule has 0 aromatic heterocycles. The zero-order valence-electron chi connectivity index (χ0n) is 15.3. The molecule has 0 aliphatic rings. The van der Waals surface area contributed by atoms with Gasteiger partial charge in [0.25, 0.3) is 0 Å². The Balaban J connectivity index is 1.75. The van der Waals surface area contributed by atoms with Crippen LogP contribution in [0.1, 0.15) is 28.4 Å². The zero-order valence-corrected chi connectivity index (χ0v) is 15.3. The Bertz CT molecular complexity index is 860. The highest BCUT2D eigenvalue weighted by molar-refractivity contribution is 5.93. The van der Waals surface area contributed by atoms with E-state index in [-0.39, 0.29) is 0 Å². The van der Waals surface area contributed by atoms with Crippen LogP contribution in [0.4, 0.5) is 0 Å². The number of hydrogen-bond donors (Lipinski definition) is 0. The predicted molar refractivity (Wildman–Crippen MR) is 104 cm³/mol. The highest BCUT2D eigenvalue weighted by Gasteiger charge is 2.16. The van der Waals surface area contributed by atoms with E-state index >= 15 is 0 Å². The van der Waals surface area contributed by atoms with E-state index in [4.69, 9.17) is 14.2 Å². The first-order chi connectivity index (χ1) is 13.3. The molecule has 3 aromatic rings. The maximum atomic E-state index is 12.3. The minimum Gasteiger partial charge on any atom is -0.489 e. The summed E-state index contributed by atoms with van der Waals surface area (Å²) >= 11 is 0. The van der Waals surface area contributed by atoms with E-state index in [2.05, 4.69) is 0 Å². The van der Waals surface area contributed by atoms with E-state index in [1.54, 1.807) is 25.1 Å². The predicted octanol–water partition coefficient (Wildman–Crippen LogP) is 5.02. The van der Waals surface area contributed by atoms with Crippen LogP contribution in [-0.4, -0.2) is 12.6 Å². The molecule has 0 N–H and O–H groups in total. The molecular formula is C23H22O4. The van der Waals surface area contributed by atoms with E-state index < -0.39 is 5.97 Å². The van der Waals surface area contributed by atoms with Crippen LogP contribution >= 0.6 is 0 Å². The molecule has 0 aliphatic carbocycles. The van der Waals surface area contributed by atoms with Crippen molar-refractivity contribution in [3.8, 4) is 11.5 Å². The fraction of sp³-hybridized carbons (Fsp3) is 0.174. The molecule has 0 saturated carbocycles. The molecule has 3 rings (SSSR count). The van der Waals surface area contributed by atoms with Gasteiger partial charge in [0.05, 0.1) is 6.61 Å². The average molecular weight is 362 g/mol. The van der Waals surface area contributed by atoms with Crippen LogP contribution < -0.4 is 9.47 Å². The van der Waals surface area contributed by atoms with Gasteiger partial charge in [-0.1, -0.05) is 60.7 Å². The molecule has 0 heterocycles. The summed E-state index contributed by atoms with van der Waals surface area (Å²) in [4.78, 5) is 12.3. The monoisotopic (exact) mass is 362 g/mol. The lowest BCUT2D eigenvalue weighted by Gasteiger charge is -2.13. The lowest BCUT2D eigenvalue weighted by Crippen LogP contribution is -2.08. The van der Waals surface area contributed by atoms with Gasteiger partial charge in [-0.15, -0.1) is 0 Å². The van der Waals surface area contributed by atoms with E-state index in [9.17, 15) is 4.79 Å². The van der Waals surface area contributed by atoms with Crippen LogP contribution in [0.3, 0.4) is 0 Å². The zero-order chi connectivity index (χ0) is 18.9. The molecule has 27 heavy (non-hydrogen) atoms. The third-order valence-corrected chi connectivity index (χ3v) is 3.93. The Morgan fingerprint density at radius 3 is 1.96 bits per heavy atom. The largest absolute Gasteiger partial charge is 0.489 e. The maximum Gasteiger partial charge on any atom is 0.342 e. The molecule has 0 saturated heterocycles. The van der Waals surface area contributed by atoms with Gasteiger partial charge in [-0.05, 0) is 36.2 Å². The van der Waals surface area contributed by atoms with Crippen molar-refractivity contribution in [2.24, 2.45) is 0 Å². The highest BCUT2D eigenvalue weighted by Crippen LogP contribution is 2.26. The molecule has 0 spiro atoms. The number of ether oxygens (including phenoxy) is 3. The van der Waals surface area contributed by atoms with E-state index in [1.165, 1.54) is 0 Å². The van der Waals surface area contributed by atoms with Crippen molar-refractivity contribution in [3.63, 3.8) is 0 Å². The molecule has 4 nitrogen and oxygen atoms in total. The number of rotatable bonds is 8. The van der Waals surface area contributed by atoms with Gasteiger partial charge in [0, 0.05) is 0 Å². The molecular weight excluding hydrogens is 340 g/mol. The minimum absolute atomic E-state index is 0.298. The van der Waals surface area contributed by atoms with Crippen molar-refractivity contribution in [2.75, 3.05) is 6.61 Å². The van der Waals surface area contributed by atoms with Crippen molar-refractivity contribution < 1.29 is 19.0 Å². The smallest absolute Gasteiger partial charge is 0.342 e. The van der Waals surface area contributed by atoms with Gasteiger partial charge < -0.3 is 14.2 Å². The topological polar surface area (TPSA) is 44.8 Å². The van der Waals surface area contributed by atoms with Crippen molar-refractivity contribution in [1.82, 2.24) is 0 Å². The van der Waals surface area contributed by atoms with E-state index in [0.717, 1.165) is 11.1 Å². The van der Waals surface area contributed by atoms with Gasteiger partial charge >= 0.3 is 5.97 Å². The molecule has 0 fully saturated rings. The van der Waals surface area contributed by atoms with Gasteiger partial charge in [-0.25, -0.2) is 4.79 Å². The Hall–Kier alpha value is -3.27. The first kappa shape index (κ1) is 18.5. The van der Waals surface area contributed by atoms with E-state index in [1.807, 2.05) is 60.7 Å². The van der Waals surface area contributed by atoms with Crippen molar-refractivity contribution in [3.05, 3.63) is 95.6 Å². The molecule has 138 valence electrons. The molecule has 3 aromatic carbocycles. The van der Waals surface area contributed by atoms with Crippen molar-refractivity contribution in [1.29, 1.82) is 0 Å². The number of carbonyl (C=O) groups excluding carboxylic acids is 1. The van der Waals surface area contributed by atoms with Crippen LogP contribution in [0.25, 0.3) is 0 Å². The van der Waals surface area contributed by atoms with Crippen LogP contribution in [0, 0.1) is 0 Å². The number of hydrogen-bond acceptors (Lipinski definition) is 4. The summed E-state index contributed by atoms with van der Waals surface area (Å²) in [6.07, 6.45) is 0. The van der Waals surface area contributed by atoms with Crippen LogP contribution in [0.15, 0.2) is 78.9 Å². The maximum absolute atomic E-state index is 12.3. The second-order valence-electron chi connectivity index (χ2n) is 5.93. The number of carbonyl (C=O) groups is 1. The molecule has 0 aliphatic heterocycles. The van der Waals surface area contributed by atoms with Gasteiger partial charge in [0.1, 0.15) is 30.3 Å². The summed E-state index contributed by atoms with van der Waals surface area (Å²) in [5.41, 5.74) is 2.44. The van der Waals surface area contributed by atoms with Crippen molar-refractivity contribution in [2.45, 2.75) is 20.1 Å². The summed E-state index contributed by atoms with van der Waals surface area (Å²) in [6, 6.07) is 24.9. The van der Waals surface area contributed by atoms with Gasteiger partial charge in [0.2, 0.25) is 0 Å². The fourth-order valence-electron chi connectivity index (χ4n) is 2.57. The quantitative estimate of drug-likeness (QED) is 0.528. The molecule has 0 bridgehead atoms. The summed E-state index contributed by atoms with van der Waals surface area (Å²) in [6.45, 7) is 2.87. The van der Waals surface area contributed by atoms with E-state index in [0.29, 0.717) is 36.9 Å². The van der Waals surface area contributed by atoms with Gasteiger partial charge in [-0.2, -0.15) is 0 Å². The Morgan fingerprint density at radius 1 is 0.778 bits per heavy atom. The summed E-state index contributed by atoms with van der Waals surface area (Å²) in [7, 11) is 0. The summed E-state index contributed by atoms with van der Waals surface area (Å²) < 4.78 is 16.8. The SMILES string of the molecule is CCOC(=O)c1cc(OCc2ccccc2)ccc1OCc1ccccc1. The highest BCUT2D eigenvalue weighted by atomic mass is 16.5. The molecule has 0 atom stereocenters. The molecule has 0 radical (unpaired) electrons. The van der Waals surface area contributed by atoms with Crippen molar-refractivity contribution >= 4 is 5.97 Å². The molecule has 0 unspecified atom stereocenters. The third kappa shape index (κ3) is 5.35. The summed E-state index contributed by atoms with van der Waals surface area (Å²) in [5, 5.41) is 0. The number of esters is 1. The Morgan fingerprint density at radius 2 is 1.37 bits per heavy atom. The molecule has 4 heteroatoms. The van der Waals surface area contributed by atoms with Crippen LogP contribution in [-0.2, 0) is 18.0 Å². The summed E-state index contributed by atoms with van der Waals surface area (Å²) in [5.74, 6) is 0.643. The second kappa shape index (κ2) is 9.43. The minimum atomic E-state index is -0.425.